The van der Waals surface area contributed by atoms with Gasteiger partial charge in [-0.25, -0.2) is 4.79 Å². The van der Waals surface area contributed by atoms with Crippen molar-refractivity contribution in [3.8, 4) is 5.75 Å². The molecule has 2 aliphatic rings. The third-order valence-corrected chi connectivity index (χ3v) is 6.47. The van der Waals surface area contributed by atoms with Crippen LogP contribution in [0.1, 0.15) is 37.4 Å². The van der Waals surface area contributed by atoms with Crippen LogP contribution in [-0.2, 0) is 22.6 Å². The predicted octanol–water partition coefficient (Wildman–Crippen LogP) is 3.20. The van der Waals surface area contributed by atoms with Crippen LogP contribution in [0.4, 0.5) is 4.79 Å². The van der Waals surface area contributed by atoms with Crippen molar-refractivity contribution in [1.82, 2.24) is 15.1 Å². The molecule has 0 saturated carbocycles. The van der Waals surface area contributed by atoms with Gasteiger partial charge in [-0.05, 0) is 47.9 Å². The van der Waals surface area contributed by atoms with Gasteiger partial charge in [0.05, 0.1) is 24.8 Å². The van der Waals surface area contributed by atoms with Gasteiger partial charge in [-0.2, -0.15) is 0 Å². The maximum atomic E-state index is 13.1. The van der Waals surface area contributed by atoms with Crippen LogP contribution in [-0.4, -0.2) is 53.1 Å². The van der Waals surface area contributed by atoms with Gasteiger partial charge in [0, 0.05) is 12.1 Å². The van der Waals surface area contributed by atoms with Crippen LogP contribution in [0, 0.1) is 0 Å². The van der Waals surface area contributed by atoms with Crippen LogP contribution in [0.3, 0.4) is 0 Å². The summed E-state index contributed by atoms with van der Waals surface area (Å²) in [5.41, 5.74) is 2.39. The van der Waals surface area contributed by atoms with E-state index in [0.717, 1.165) is 15.4 Å². The van der Waals surface area contributed by atoms with Gasteiger partial charge in [0.25, 0.3) is 23.6 Å². The first-order valence-corrected chi connectivity index (χ1v) is 11.9. The van der Waals surface area contributed by atoms with E-state index in [1.54, 1.807) is 42.5 Å². The minimum absolute atomic E-state index is 0.0611. The summed E-state index contributed by atoms with van der Waals surface area (Å²) in [5, 5.41) is 2.22. The Labute approximate surface area is 218 Å². The number of fused-ring (bicyclic) bond motifs is 1. The number of ether oxygens (including phenoxy) is 1. The third kappa shape index (κ3) is 4.57. The zero-order valence-electron chi connectivity index (χ0n) is 20.5. The molecule has 0 spiro atoms. The number of hydrogen-bond donors (Lipinski definition) is 1. The fourth-order valence-electron chi connectivity index (χ4n) is 4.51. The highest BCUT2D eigenvalue weighted by Gasteiger charge is 2.37. The molecule has 1 fully saturated rings. The molecule has 5 rings (SSSR count). The Morgan fingerprint density at radius 1 is 0.789 bits per heavy atom. The molecule has 0 aliphatic carbocycles. The maximum Gasteiger partial charge on any atom is 0.331 e. The molecule has 3 aromatic rings. The number of amides is 6. The quantitative estimate of drug-likeness (QED) is 0.297. The third-order valence-electron chi connectivity index (χ3n) is 6.47. The topological polar surface area (TPSA) is 113 Å². The average molecular weight is 510 g/mol. The Balaban J connectivity index is 1.40. The van der Waals surface area contributed by atoms with Crippen molar-refractivity contribution in [1.29, 1.82) is 0 Å². The second-order valence-electron chi connectivity index (χ2n) is 8.82. The molecule has 2 aliphatic heterocycles. The van der Waals surface area contributed by atoms with Crippen molar-refractivity contribution in [2.45, 2.75) is 13.0 Å². The molecule has 1 saturated heterocycles. The van der Waals surface area contributed by atoms with Crippen LogP contribution in [0.15, 0.2) is 78.4 Å². The lowest BCUT2D eigenvalue weighted by Gasteiger charge is -2.26. The standard InChI is InChI=1S/C29H23N3O6/c1-38-24-12-11-19(15-20(24)17-32-26(34)21-9-5-6-10-22(21)27(32)35)16-23-25(33)30-29(37)31(28(23)36)14-13-18-7-3-2-4-8-18/h2-12,15-16H,13-14,17H2,1H3,(H,30,33,37)/b23-16+. The smallest absolute Gasteiger partial charge is 0.331 e. The Morgan fingerprint density at radius 3 is 2.11 bits per heavy atom. The van der Waals surface area contributed by atoms with E-state index in [0.29, 0.717) is 34.4 Å². The van der Waals surface area contributed by atoms with E-state index in [1.807, 2.05) is 30.3 Å². The zero-order valence-corrected chi connectivity index (χ0v) is 20.5. The number of benzene rings is 3. The fraction of sp³-hybridized carbons (Fsp3) is 0.138. The predicted molar refractivity (Wildman–Crippen MR) is 137 cm³/mol. The van der Waals surface area contributed by atoms with Gasteiger partial charge in [0.1, 0.15) is 11.3 Å². The number of nitrogens with one attached hydrogen (secondary N) is 1. The first kappa shape index (κ1) is 24.6. The fourth-order valence-corrected chi connectivity index (χ4v) is 4.51. The molecule has 1 N–H and O–H groups in total. The molecule has 0 aromatic heterocycles. The van der Waals surface area contributed by atoms with Gasteiger partial charge in [0.15, 0.2) is 0 Å². The van der Waals surface area contributed by atoms with Crippen LogP contribution in [0.2, 0.25) is 0 Å². The Bertz CT molecular complexity index is 1480. The summed E-state index contributed by atoms with van der Waals surface area (Å²) in [6.45, 7) is 0.0429. The first-order valence-electron chi connectivity index (χ1n) is 11.9. The number of carbonyl (C=O) groups excluding carboxylic acids is 5. The van der Waals surface area contributed by atoms with Crippen molar-refractivity contribution in [2.75, 3.05) is 13.7 Å². The molecule has 38 heavy (non-hydrogen) atoms. The molecule has 6 amide bonds. The highest BCUT2D eigenvalue weighted by atomic mass is 16.5. The lowest BCUT2D eigenvalue weighted by Crippen LogP contribution is -2.54. The Kier molecular flexibility index (Phi) is 6.57. The molecule has 0 unspecified atom stereocenters. The van der Waals surface area contributed by atoms with Gasteiger partial charge in [-0.3, -0.25) is 34.3 Å². The summed E-state index contributed by atoms with van der Waals surface area (Å²) in [6, 6.07) is 20.1. The highest BCUT2D eigenvalue weighted by Crippen LogP contribution is 2.29. The Morgan fingerprint density at radius 2 is 1.45 bits per heavy atom. The number of carbonyl (C=O) groups is 5. The van der Waals surface area contributed by atoms with Crippen molar-refractivity contribution in [3.63, 3.8) is 0 Å². The van der Waals surface area contributed by atoms with E-state index >= 15 is 0 Å². The van der Waals surface area contributed by atoms with Gasteiger partial charge in [-0.15, -0.1) is 0 Å². The molecular formula is C29H23N3O6. The van der Waals surface area contributed by atoms with Crippen LogP contribution in [0.25, 0.3) is 6.08 Å². The van der Waals surface area contributed by atoms with Crippen molar-refractivity contribution in [2.24, 2.45) is 0 Å². The summed E-state index contributed by atoms with van der Waals surface area (Å²) in [4.78, 5) is 65.9. The van der Waals surface area contributed by atoms with E-state index in [-0.39, 0.29) is 18.7 Å². The molecule has 3 aromatic carbocycles. The highest BCUT2D eigenvalue weighted by molar-refractivity contribution is 6.31. The lowest BCUT2D eigenvalue weighted by atomic mass is 10.0. The van der Waals surface area contributed by atoms with E-state index in [9.17, 15) is 24.0 Å². The van der Waals surface area contributed by atoms with E-state index in [1.165, 1.54) is 13.2 Å². The molecule has 9 heteroatoms. The van der Waals surface area contributed by atoms with Crippen LogP contribution < -0.4 is 10.1 Å². The van der Waals surface area contributed by atoms with Gasteiger partial charge in [-0.1, -0.05) is 48.5 Å². The van der Waals surface area contributed by atoms with E-state index in [2.05, 4.69) is 5.32 Å². The maximum absolute atomic E-state index is 13.1. The largest absolute Gasteiger partial charge is 0.496 e. The number of imide groups is 3. The second kappa shape index (κ2) is 10.1. The summed E-state index contributed by atoms with van der Waals surface area (Å²) in [6.07, 6.45) is 1.82. The number of urea groups is 1. The monoisotopic (exact) mass is 509 g/mol. The number of rotatable bonds is 7. The normalized spacial score (nSPS) is 16.2. The number of methoxy groups -OCH3 is 1. The van der Waals surface area contributed by atoms with Crippen LogP contribution in [0.5, 0.6) is 5.75 Å². The summed E-state index contributed by atoms with van der Waals surface area (Å²) in [5.74, 6) is -1.89. The van der Waals surface area contributed by atoms with Crippen molar-refractivity contribution >= 4 is 35.7 Å². The Hall–Kier alpha value is -5.05. The molecular weight excluding hydrogens is 486 g/mol. The minimum Gasteiger partial charge on any atom is -0.496 e. The average Bonchev–Trinajstić information content (AvgIpc) is 3.16. The molecule has 190 valence electrons. The molecule has 0 radical (unpaired) electrons. The van der Waals surface area contributed by atoms with E-state index in [4.69, 9.17) is 4.74 Å². The summed E-state index contributed by atoms with van der Waals surface area (Å²) in [7, 11) is 1.47. The number of nitrogens with zero attached hydrogens (tertiary/aromatic N) is 2. The van der Waals surface area contributed by atoms with Gasteiger partial charge < -0.3 is 4.74 Å². The number of hydrogen-bond acceptors (Lipinski definition) is 6. The molecule has 2 heterocycles. The molecule has 9 nitrogen and oxygen atoms in total. The molecule has 0 atom stereocenters. The first-order chi connectivity index (χ1) is 18.4. The second-order valence-corrected chi connectivity index (χ2v) is 8.82. The van der Waals surface area contributed by atoms with Crippen molar-refractivity contribution < 1.29 is 28.7 Å². The van der Waals surface area contributed by atoms with E-state index < -0.39 is 29.7 Å². The zero-order chi connectivity index (χ0) is 26.8. The minimum atomic E-state index is -0.798. The van der Waals surface area contributed by atoms with Gasteiger partial charge in [0.2, 0.25) is 0 Å². The SMILES string of the molecule is COc1ccc(/C=C2\C(=O)NC(=O)N(CCc3ccccc3)C2=O)cc1CN1C(=O)c2ccccc2C1=O. The summed E-state index contributed by atoms with van der Waals surface area (Å²) < 4.78 is 5.43. The molecule has 0 bridgehead atoms. The number of barbiturate groups is 1. The van der Waals surface area contributed by atoms with Crippen LogP contribution >= 0.6 is 0 Å². The van der Waals surface area contributed by atoms with Gasteiger partial charge >= 0.3 is 6.03 Å². The van der Waals surface area contributed by atoms with Crippen molar-refractivity contribution in [3.05, 3.63) is 106 Å². The lowest BCUT2D eigenvalue weighted by molar-refractivity contribution is -0.130. The summed E-state index contributed by atoms with van der Waals surface area (Å²) >= 11 is 0.